The fourth-order valence-corrected chi connectivity index (χ4v) is 2.69. The van der Waals surface area contributed by atoms with E-state index in [1.54, 1.807) is 0 Å². The molecule has 78 valence electrons. The minimum Gasteiger partial charge on any atom is -0.316 e. The summed E-state index contributed by atoms with van der Waals surface area (Å²) in [4.78, 5) is 2.20. The molecule has 1 saturated heterocycles. The smallest absolute Gasteiger partial charge is 0.152 e. The third-order valence-corrected chi connectivity index (χ3v) is 4.07. The molecule has 0 saturated carbocycles. The normalized spacial score (nSPS) is 25.7. The second-order valence-corrected chi connectivity index (χ2v) is 5.95. The van der Waals surface area contributed by atoms with Gasteiger partial charge in [-0.25, -0.2) is 8.42 Å². The van der Waals surface area contributed by atoms with Crippen LogP contribution in [0.4, 0.5) is 0 Å². The van der Waals surface area contributed by atoms with Crippen molar-refractivity contribution in [2.75, 3.05) is 38.2 Å². The average molecular weight is 206 g/mol. The van der Waals surface area contributed by atoms with Crippen LogP contribution in [0.15, 0.2) is 0 Å². The predicted molar refractivity (Wildman–Crippen MR) is 53.6 cm³/mol. The van der Waals surface area contributed by atoms with Gasteiger partial charge in [0.05, 0.1) is 11.5 Å². The highest BCUT2D eigenvalue weighted by atomic mass is 32.2. The lowest BCUT2D eigenvalue weighted by atomic mass is 10.3. The molecule has 0 amide bonds. The van der Waals surface area contributed by atoms with Gasteiger partial charge in [-0.1, -0.05) is 0 Å². The van der Waals surface area contributed by atoms with Crippen LogP contribution in [0.2, 0.25) is 0 Å². The molecule has 1 aliphatic heterocycles. The number of hydrogen-bond donors (Lipinski definition) is 1. The Kier molecular flexibility index (Phi) is 3.70. The first-order valence-electron chi connectivity index (χ1n) is 4.63. The molecule has 1 N–H and O–H groups in total. The van der Waals surface area contributed by atoms with Gasteiger partial charge >= 0.3 is 0 Å². The van der Waals surface area contributed by atoms with Crippen molar-refractivity contribution in [2.24, 2.45) is 0 Å². The van der Waals surface area contributed by atoms with Gasteiger partial charge in [0, 0.05) is 25.7 Å². The quantitative estimate of drug-likeness (QED) is 0.665. The van der Waals surface area contributed by atoms with E-state index >= 15 is 0 Å². The number of nitrogens with zero attached hydrogens (tertiary/aromatic N) is 1. The Morgan fingerprint density at radius 2 is 1.92 bits per heavy atom. The summed E-state index contributed by atoms with van der Waals surface area (Å²) in [5.74, 6) is 0.646. The van der Waals surface area contributed by atoms with Gasteiger partial charge in [-0.05, 0) is 14.0 Å². The molecule has 4 nitrogen and oxygen atoms in total. The van der Waals surface area contributed by atoms with E-state index in [1.807, 2.05) is 7.05 Å². The number of likely N-dealkylation sites (N-methyl/N-ethyl adjacent to an activating group) is 1. The van der Waals surface area contributed by atoms with Crippen molar-refractivity contribution < 1.29 is 8.42 Å². The molecule has 0 aromatic heterocycles. The first kappa shape index (κ1) is 10.9. The van der Waals surface area contributed by atoms with Crippen molar-refractivity contribution in [2.45, 2.75) is 13.0 Å². The second-order valence-electron chi connectivity index (χ2n) is 3.64. The zero-order valence-electron chi connectivity index (χ0n) is 8.28. The fraction of sp³-hybridized carbons (Fsp3) is 1.00. The van der Waals surface area contributed by atoms with E-state index in [4.69, 9.17) is 0 Å². The number of hydrogen-bond acceptors (Lipinski definition) is 4. The summed E-state index contributed by atoms with van der Waals surface area (Å²) in [6, 6.07) is 0.431. The van der Waals surface area contributed by atoms with Gasteiger partial charge in [0.1, 0.15) is 0 Å². The van der Waals surface area contributed by atoms with Crippen LogP contribution >= 0.6 is 0 Å². The third-order valence-electron chi connectivity index (χ3n) is 2.46. The Hall–Kier alpha value is -0.130. The molecule has 1 aliphatic rings. The standard InChI is InChI=1S/C8H18N2O2S/c1-8(9-2)7-10-3-5-13(11,12)6-4-10/h8-9H,3-7H2,1-2H3/t8-/m0/s1. The topological polar surface area (TPSA) is 49.4 Å². The van der Waals surface area contributed by atoms with Crippen molar-refractivity contribution >= 4 is 9.84 Å². The Morgan fingerprint density at radius 3 is 2.38 bits per heavy atom. The second kappa shape index (κ2) is 4.39. The average Bonchev–Trinajstić information content (AvgIpc) is 2.08. The molecule has 0 aromatic carbocycles. The minimum atomic E-state index is -2.72. The van der Waals surface area contributed by atoms with Crippen molar-refractivity contribution in [1.82, 2.24) is 10.2 Å². The molecule has 1 atom stereocenters. The Morgan fingerprint density at radius 1 is 1.38 bits per heavy atom. The highest BCUT2D eigenvalue weighted by Crippen LogP contribution is 2.03. The van der Waals surface area contributed by atoms with Gasteiger partial charge in [-0.2, -0.15) is 0 Å². The largest absolute Gasteiger partial charge is 0.316 e. The van der Waals surface area contributed by atoms with Gasteiger partial charge in [-0.15, -0.1) is 0 Å². The molecular weight excluding hydrogens is 188 g/mol. The SMILES string of the molecule is CN[C@@H](C)CN1CCS(=O)(=O)CC1. The van der Waals surface area contributed by atoms with E-state index in [1.165, 1.54) is 0 Å². The first-order valence-corrected chi connectivity index (χ1v) is 6.46. The molecule has 13 heavy (non-hydrogen) atoms. The van der Waals surface area contributed by atoms with Gasteiger partial charge in [0.15, 0.2) is 9.84 Å². The summed E-state index contributed by atoms with van der Waals surface area (Å²) in [6.45, 7) is 4.41. The molecule has 0 unspecified atom stereocenters. The van der Waals surface area contributed by atoms with E-state index in [0.717, 1.165) is 6.54 Å². The van der Waals surface area contributed by atoms with Gasteiger partial charge < -0.3 is 5.32 Å². The van der Waals surface area contributed by atoms with Gasteiger partial charge in [-0.3, -0.25) is 4.90 Å². The van der Waals surface area contributed by atoms with Gasteiger partial charge in [0.2, 0.25) is 0 Å². The summed E-state index contributed by atoms with van der Waals surface area (Å²) in [6.07, 6.45) is 0. The molecule has 0 aliphatic carbocycles. The van der Waals surface area contributed by atoms with Crippen LogP contribution in [-0.2, 0) is 9.84 Å². The van der Waals surface area contributed by atoms with Crippen molar-refractivity contribution in [3.8, 4) is 0 Å². The lowest BCUT2D eigenvalue weighted by Crippen LogP contribution is -2.45. The summed E-state index contributed by atoms with van der Waals surface area (Å²) in [5.41, 5.74) is 0. The molecular formula is C8H18N2O2S. The first-order chi connectivity index (χ1) is 6.03. The van der Waals surface area contributed by atoms with Crippen LogP contribution in [-0.4, -0.2) is 57.5 Å². The van der Waals surface area contributed by atoms with Crippen LogP contribution in [0.5, 0.6) is 0 Å². The van der Waals surface area contributed by atoms with E-state index in [0.29, 0.717) is 30.6 Å². The summed E-state index contributed by atoms with van der Waals surface area (Å²) in [5, 5.41) is 3.14. The predicted octanol–water partition coefficient (Wildman–Crippen LogP) is -0.675. The maximum absolute atomic E-state index is 11.1. The molecule has 1 heterocycles. The Bertz CT molecular complexity index is 237. The van der Waals surface area contributed by atoms with Crippen molar-refractivity contribution in [3.63, 3.8) is 0 Å². The van der Waals surface area contributed by atoms with Crippen LogP contribution in [0, 0.1) is 0 Å². The Balaban J connectivity index is 2.33. The van der Waals surface area contributed by atoms with Crippen molar-refractivity contribution in [3.05, 3.63) is 0 Å². The summed E-state index contributed by atoms with van der Waals surface area (Å²) in [7, 11) is -0.798. The lowest BCUT2D eigenvalue weighted by Gasteiger charge is -2.28. The van der Waals surface area contributed by atoms with Crippen LogP contribution in [0.1, 0.15) is 6.92 Å². The van der Waals surface area contributed by atoms with Gasteiger partial charge in [0.25, 0.3) is 0 Å². The summed E-state index contributed by atoms with van der Waals surface area (Å²) >= 11 is 0. The number of rotatable bonds is 3. The molecule has 0 spiro atoms. The molecule has 5 heteroatoms. The molecule has 0 aromatic rings. The zero-order valence-corrected chi connectivity index (χ0v) is 9.10. The molecule has 0 radical (unpaired) electrons. The molecule has 1 fully saturated rings. The van der Waals surface area contributed by atoms with E-state index in [-0.39, 0.29) is 0 Å². The maximum Gasteiger partial charge on any atom is 0.152 e. The Labute approximate surface area is 80.2 Å². The minimum absolute atomic E-state index is 0.323. The highest BCUT2D eigenvalue weighted by Gasteiger charge is 2.21. The number of sulfone groups is 1. The van der Waals surface area contributed by atoms with E-state index in [9.17, 15) is 8.42 Å². The van der Waals surface area contributed by atoms with Crippen LogP contribution in [0.25, 0.3) is 0 Å². The zero-order chi connectivity index (χ0) is 9.90. The fourth-order valence-electron chi connectivity index (χ4n) is 1.41. The molecule has 0 bridgehead atoms. The van der Waals surface area contributed by atoms with Crippen LogP contribution in [0.3, 0.4) is 0 Å². The monoisotopic (exact) mass is 206 g/mol. The maximum atomic E-state index is 11.1. The number of nitrogens with one attached hydrogen (secondary N) is 1. The molecule has 1 rings (SSSR count). The van der Waals surface area contributed by atoms with E-state index < -0.39 is 9.84 Å². The third kappa shape index (κ3) is 3.62. The highest BCUT2D eigenvalue weighted by molar-refractivity contribution is 7.91. The van der Waals surface area contributed by atoms with Crippen molar-refractivity contribution in [1.29, 1.82) is 0 Å². The van der Waals surface area contributed by atoms with E-state index in [2.05, 4.69) is 17.1 Å². The van der Waals surface area contributed by atoms with Crippen LogP contribution < -0.4 is 5.32 Å². The lowest BCUT2D eigenvalue weighted by molar-refractivity contribution is 0.270. The summed E-state index contributed by atoms with van der Waals surface area (Å²) < 4.78 is 22.2.